The van der Waals surface area contributed by atoms with Crippen molar-refractivity contribution in [2.75, 3.05) is 12.3 Å². The number of carbonyl (C=O) groups is 2. The van der Waals surface area contributed by atoms with Crippen LogP contribution in [0.15, 0.2) is 18.3 Å². The van der Waals surface area contributed by atoms with Gasteiger partial charge < -0.3 is 15.7 Å². The topological polar surface area (TPSA) is 96.5 Å². The van der Waals surface area contributed by atoms with E-state index in [-0.39, 0.29) is 11.9 Å². The van der Waals surface area contributed by atoms with Crippen LogP contribution in [0.3, 0.4) is 0 Å². The molecule has 1 aliphatic heterocycles. The molecule has 2 rings (SSSR count). The van der Waals surface area contributed by atoms with E-state index in [2.05, 4.69) is 4.98 Å². The molecule has 6 nitrogen and oxygen atoms in total. The molecule has 0 saturated carbocycles. The van der Waals surface area contributed by atoms with E-state index in [9.17, 15) is 9.59 Å². The van der Waals surface area contributed by atoms with Crippen molar-refractivity contribution < 1.29 is 14.7 Å². The van der Waals surface area contributed by atoms with Gasteiger partial charge in [-0.3, -0.25) is 9.59 Å². The molecule has 1 aromatic heterocycles. The lowest BCUT2D eigenvalue weighted by atomic mass is 10.0. The first-order valence-corrected chi connectivity index (χ1v) is 5.76. The molecule has 1 fully saturated rings. The van der Waals surface area contributed by atoms with E-state index in [4.69, 9.17) is 10.8 Å². The average molecular weight is 249 g/mol. The zero-order valence-electron chi connectivity index (χ0n) is 10.0. The molecule has 2 unspecified atom stereocenters. The van der Waals surface area contributed by atoms with Gasteiger partial charge in [-0.2, -0.15) is 0 Å². The van der Waals surface area contributed by atoms with E-state index in [0.717, 1.165) is 0 Å². The number of hydrogen-bond donors (Lipinski definition) is 2. The molecule has 6 heteroatoms. The number of anilines is 1. The fourth-order valence-corrected chi connectivity index (χ4v) is 2.24. The van der Waals surface area contributed by atoms with Crippen LogP contribution >= 0.6 is 0 Å². The number of likely N-dealkylation sites (tertiary alicyclic amines) is 1. The van der Waals surface area contributed by atoms with Gasteiger partial charge in [0.05, 0.1) is 17.8 Å². The predicted molar refractivity (Wildman–Crippen MR) is 64.9 cm³/mol. The molecule has 0 radical (unpaired) electrons. The molecule has 1 saturated heterocycles. The number of carboxylic acids is 1. The van der Waals surface area contributed by atoms with Crippen LogP contribution in [-0.4, -0.2) is 39.5 Å². The number of nitrogen functional groups attached to an aromatic ring is 1. The number of aliphatic carboxylic acids is 1. The summed E-state index contributed by atoms with van der Waals surface area (Å²) >= 11 is 0. The maximum atomic E-state index is 12.2. The second-order valence-corrected chi connectivity index (χ2v) is 4.45. The Morgan fingerprint density at radius 3 is 2.72 bits per heavy atom. The van der Waals surface area contributed by atoms with Gasteiger partial charge in [0.15, 0.2) is 0 Å². The van der Waals surface area contributed by atoms with Crippen molar-refractivity contribution in [1.82, 2.24) is 9.88 Å². The van der Waals surface area contributed by atoms with Gasteiger partial charge >= 0.3 is 5.97 Å². The van der Waals surface area contributed by atoms with Crippen molar-refractivity contribution in [3.8, 4) is 0 Å². The highest BCUT2D eigenvalue weighted by molar-refractivity contribution is 5.93. The van der Waals surface area contributed by atoms with E-state index >= 15 is 0 Å². The zero-order chi connectivity index (χ0) is 13.3. The largest absolute Gasteiger partial charge is 0.481 e. The van der Waals surface area contributed by atoms with Crippen LogP contribution in [0.4, 0.5) is 5.69 Å². The summed E-state index contributed by atoms with van der Waals surface area (Å²) in [5.41, 5.74) is 6.29. The quantitative estimate of drug-likeness (QED) is 0.800. The van der Waals surface area contributed by atoms with E-state index in [1.807, 2.05) is 0 Å². The van der Waals surface area contributed by atoms with Crippen LogP contribution in [0.1, 0.15) is 23.8 Å². The van der Waals surface area contributed by atoms with Crippen molar-refractivity contribution in [3.63, 3.8) is 0 Å². The molecule has 2 atom stereocenters. The minimum Gasteiger partial charge on any atom is -0.481 e. The summed E-state index contributed by atoms with van der Waals surface area (Å²) in [6.45, 7) is 2.20. The van der Waals surface area contributed by atoms with Crippen molar-refractivity contribution in [2.24, 2.45) is 5.92 Å². The minimum absolute atomic E-state index is 0.244. The van der Waals surface area contributed by atoms with Crippen LogP contribution in [0.5, 0.6) is 0 Å². The summed E-state index contributed by atoms with van der Waals surface area (Å²) in [5.74, 6) is -1.60. The van der Waals surface area contributed by atoms with E-state index in [0.29, 0.717) is 24.3 Å². The number of carbonyl (C=O) groups excluding carboxylic acids is 1. The number of rotatable bonds is 2. The lowest BCUT2D eigenvalue weighted by Crippen LogP contribution is -2.38. The minimum atomic E-state index is -0.858. The molecule has 2 heterocycles. The molecule has 1 aromatic rings. The Kier molecular flexibility index (Phi) is 3.18. The second kappa shape index (κ2) is 4.64. The molecule has 3 N–H and O–H groups in total. The molecule has 0 spiro atoms. The van der Waals surface area contributed by atoms with Crippen LogP contribution < -0.4 is 5.73 Å². The zero-order valence-corrected chi connectivity index (χ0v) is 10.0. The molecule has 96 valence electrons. The number of amides is 1. The molecule has 0 aromatic carbocycles. The summed E-state index contributed by atoms with van der Waals surface area (Å²) in [6, 6.07) is 2.85. The van der Waals surface area contributed by atoms with Crippen LogP contribution in [-0.2, 0) is 4.79 Å². The molecular formula is C12H15N3O3. The first kappa shape index (κ1) is 12.3. The smallest absolute Gasteiger partial charge is 0.308 e. The predicted octanol–water partition coefficient (Wildman–Crippen LogP) is 0.599. The van der Waals surface area contributed by atoms with Crippen LogP contribution in [0, 0.1) is 5.92 Å². The summed E-state index contributed by atoms with van der Waals surface area (Å²) < 4.78 is 0. The lowest BCUT2D eigenvalue weighted by Gasteiger charge is -2.22. The van der Waals surface area contributed by atoms with Crippen LogP contribution in [0.25, 0.3) is 0 Å². The fourth-order valence-electron chi connectivity index (χ4n) is 2.24. The molecule has 0 aliphatic carbocycles. The third-order valence-corrected chi connectivity index (χ3v) is 3.34. The molecule has 1 aliphatic rings. The van der Waals surface area contributed by atoms with Crippen molar-refractivity contribution in [1.29, 1.82) is 0 Å². The maximum Gasteiger partial charge on any atom is 0.308 e. The Morgan fingerprint density at radius 1 is 1.50 bits per heavy atom. The van der Waals surface area contributed by atoms with Crippen molar-refractivity contribution >= 4 is 17.6 Å². The third kappa shape index (κ3) is 2.13. The molecule has 18 heavy (non-hydrogen) atoms. The van der Waals surface area contributed by atoms with E-state index in [1.165, 1.54) is 6.20 Å². The number of aromatic nitrogens is 1. The monoisotopic (exact) mass is 249 g/mol. The SMILES string of the molecule is CC1C(C(=O)O)CCN1C(=O)c1ccc(N)cn1. The highest BCUT2D eigenvalue weighted by Gasteiger charge is 2.38. The molecular weight excluding hydrogens is 234 g/mol. The van der Waals surface area contributed by atoms with Gasteiger partial charge in [-0.15, -0.1) is 0 Å². The highest BCUT2D eigenvalue weighted by atomic mass is 16.4. The van der Waals surface area contributed by atoms with Crippen molar-refractivity contribution in [2.45, 2.75) is 19.4 Å². The molecule has 1 amide bonds. The first-order valence-electron chi connectivity index (χ1n) is 5.76. The second-order valence-electron chi connectivity index (χ2n) is 4.45. The van der Waals surface area contributed by atoms with Gasteiger partial charge in [0.25, 0.3) is 5.91 Å². The summed E-state index contributed by atoms with van der Waals surface area (Å²) in [7, 11) is 0. The number of pyridine rings is 1. The van der Waals surface area contributed by atoms with Gasteiger partial charge in [0.2, 0.25) is 0 Å². The van der Waals surface area contributed by atoms with Gasteiger partial charge in [0.1, 0.15) is 5.69 Å². The molecule has 0 bridgehead atoms. The number of nitrogens with zero attached hydrogens (tertiary/aromatic N) is 2. The Morgan fingerprint density at radius 2 is 2.22 bits per heavy atom. The van der Waals surface area contributed by atoms with Gasteiger partial charge in [0, 0.05) is 12.6 Å². The summed E-state index contributed by atoms with van der Waals surface area (Å²) in [5, 5.41) is 9.02. The normalized spacial score (nSPS) is 23.1. The number of nitrogens with two attached hydrogens (primary N) is 1. The first-order chi connectivity index (χ1) is 8.50. The Labute approximate surface area is 104 Å². The number of carboxylic acid groups (broad SMARTS) is 1. The van der Waals surface area contributed by atoms with E-state index < -0.39 is 11.9 Å². The fraction of sp³-hybridized carbons (Fsp3) is 0.417. The summed E-state index contributed by atoms with van der Waals surface area (Å²) in [6.07, 6.45) is 1.90. The standard InChI is InChI=1S/C12H15N3O3/c1-7-9(12(17)18)4-5-15(7)11(16)10-3-2-8(13)6-14-10/h2-3,6-7,9H,4-5,13H2,1H3,(H,17,18). The average Bonchev–Trinajstić information content (AvgIpc) is 2.71. The highest BCUT2D eigenvalue weighted by Crippen LogP contribution is 2.25. The Bertz CT molecular complexity index is 472. The van der Waals surface area contributed by atoms with Gasteiger partial charge in [-0.25, -0.2) is 4.98 Å². The third-order valence-electron chi connectivity index (χ3n) is 3.34. The van der Waals surface area contributed by atoms with Crippen molar-refractivity contribution in [3.05, 3.63) is 24.0 Å². The lowest BCUT2D eigenvalue weighted by molar-refractivity contribution is -0.142. The van der Waals surface area contributed by atoms with Gasteiger partial charge in [-0.05, 0) is 25.5 Å². The van der Waals surface area contributed by atoms with E-state index in [1.54, 1.807) is 24.0 Å². The number of hydrogen-bond acceptors (Lipinski definition) is 4. The Balaban J connectivity index is 2.15. The summed E-state index contributed by atoms with van der Waals surface area (Å²) in [4.78, 5) is 28.7. The maximum absolute atomic E-state index is 12.2. The Hall–Kier alpha value is -2.11. The van der Waals surface area contributed by atoms with Gasteiger partial charge in [-0.1, -0.05) is 0 Å². The van der Waals surface area contributed by atoms with Crippen LogP contribution in [0.2, 0.25) is 0 Å².